The summed E-state index contributed by atoms with van der Waals surface area (Å²) in [5.74, 6) is 1.84. The van der Waals surface area contributed by atoms with Crippen molar-refractivity contribution in [1.29, 1.82) is 0 Å². The number of aliphatic hydroxyl groups excluding tert-OH is 4. The molecule has 1 saturated heterocycles. The molecule has 2 aromatic carbocycles. The molecule has 37 heavy (non-hydrogen) atoms. The van der Waals surface area contributed by atoms with Gasteiger partial charge in [0.25, 0.3) is 0 Å². The summed E-state index contributed by atoms with van der Waals surface area (Å²) < 4.78 is 39.4. The van der Waals surface area contributed by atoms with E-state index in [1.165, 1.54) is 21.3 Å². The van der Waals surface area contributed by atoms with E-state index in [9.17, 15) is 20.4 Å². The van der Waals surface area contributed by atoms with Gasteiger partial charge in [-0.15, -0.1) is 0 Å². The van der Waals surface area contributed by atoms with Crippen molar-refractivity contribution in [3.8, 4) is 23.0 Å². The van der Waals surface area contributed by atoms with Gasteiger partial charge in [0.2, 0.25) is 0 Å². The van der Waals surface area contributed by atoms with Crippen LogP contribution in [0.1, 0.15) is 18.6 Å². The van der Waals surface area contributed by atoms with Gasteiger partial charge in [-0.3, -0.25) is 0 Å². The molecule has 0 radical (unpaired) electrons. The molecule has 0 spiro atoms. The van der Waals surface area contributed by atoms with E-state index in [0.29, 0.717) is 35.2 Å². The normalized spacial score (nSPS) is 25.2. The highest BCUT2D eigenvalue weighted by Crippen LogP contribution is 2.36. The number of aliphatic hydroxyl groups is 4. The summed E-state index contributed by atoms with van der Waals surface area (Å²) in [7, 11) is 4.33. The maximum Gasteiger partial charge on any atom is 0.186 e. The van der Waals surface area contributed by atoms with Gasteiger partial charge >= 0.3 is 0 Å². The molecule has 1 aliphatic heterocycles. The van der Waals surface area contributed by atoms with Crippen molar-refractivity contribution in [3.63, 3.8) is 0 Å². The molecule has 1 aliphatic rings. The monoisotopic (exact) mass is 524 g/mol. The molecule has 206 valence electrons. The van der Waals surface area contributed by atoms with Crippen LogP contribution in [0.2, 0.25) is 0 Å². The molecule has 11 heteroatoms. The Bertz CT molecular complexity index is 969. The van der Waals surface area contributed by atoms with Crippen LogP contribution in [0.4, 0.5) is 0 Å². The van der Waals surface area contributed by atoms with Gasteiger partial charge in [-0.1, -0.05) is 18.2 Å². The smallest absolute Gasteiger partial charge is 0.186 e. The maximum absolute atomic E-state index is 10.5. The molecule has 3 rings (SSSR count). The van der Waals surface area contributed by atoms with E-state index < -0.39 is 49.5 Å². The van der Waals surface area contributed by atoms with Crippen LogP contribution in [0.3, 0.4) is 0 Å². The minimum absolute atomic E-state index is 0.225. The van der Waals surface area contributed by atoms with Crippen LogP contribution in [0.5, 0.6) is 23.0 Å². The molecule has 0 saturated carbocycles. The Labute approximate surface area is 216 Å². The first-order valence-electron chi connectivity index (χ1n) is 11.9. The van der Waals surface area contributed by atoms with Gasteiger partial charge in [0.1, 0.15) is 30.5 Å². The molecule has 4 N–H and O–H groups in total. The summed E-state index contributed by atoms with van der Waals surface area (Å²) in [6.07, 6.45) is -8.39. The zero-order valence-corrected chi connectivity index (χ0v) is 21.4. The number of hydrogen-bond acceptors (Lipinski definition) is 11. The fourth-order valence-electron chi connectivity index (χ4n) is 4.08. The number of ether oxygens (including phenoxy) is 7. The summed E-state index contributed by atoms with van der Waals surface area (Å²) in [5.41, 5.74) is 0.587. The minimum atomic E-state index is -1.50. The first-order valence-corrected chi connectivity index (χ1v) is 11.9. The van der Waals surface area contributed by atoms with Crippen LogP contribution in [0.15, 0.2) is 42.5 Å². The van der Waals surface area contributed by atoms with Crippen molar-refractivity contribution >= 4 is 0 Å². The van der Waals surface area contributed by atoms with Crippen LogP contribution in [-0.4, -0.2) is 98.4 Å². The Morgan fingerprint density at radius 2 is 1.57 bits per heavy atom. The molecule has 7 atom stereocenters. The Hall–Kier alpha value is -2.64. The zero-order valence-electron chi connectivity index (χ0n) is 21.4. The van der Waals surface area contributed by atoms with Gasteiger partial charge in [-0.05, 0) is 36.8 Å². The highest BCUT2D eigenvalue weighted by molar-refractivity contribution is 5.44. The van der Waals surface area contributed by atoms with E-state index in [1.807, 2.05) is 6.92 Å². The molecule has 11 nitrogen and oxygen atoms in total. The average molecular weight is 525 g/mol. The highest BCUT2D eigenvalue weighted by Gasteiger charge is 2.44. The number of para-hydroxylation sites is 2. The Balaban J connectivity index is 1.92. The molecule has 1 heterocycles. The summed E-state index contributed by atoms with van der Waals surface area (Å²) in [6, 6.07) is 12.2. The van der Waals surface area contributed by atoms with E-state index in [4.69, 9.17) is 33.2 Å². The number of hydrogen-bond donors (Lipinski definition) is 4. The van der Waals surface area contributed by atoms with Gasteiger partial charge < -0.3 is 53.6 Å². The second kappa shape index (κ2) is 13.8. The third-order valence-electron chi connectivity index (χ3n) is 6.02. The molecule has 0 amide bonds. The quantitative estimate of drug-likeness (QED) is 0.298. The second-order valence-corrected chi connectivity index (χ2v) is 8.34. The maximum atomic E-state index is 10.5. The van der Waals surface area contributed by atoms with Crippen LogP contribution in [0, 0.1) is 0 Å². The molecular weight excluding hydrogens is 488 g/mol. The predicted molar refractivity (Wildman–Crippen MR) is 131 cm³/mol. The van der Waals surface area contributed by atoms with E-state index in [-0.39, 0.29) is 6.61 Å². The summed E-state index contributed by atoms with van der Waals surface area (Å²) >= 11 is 0. The van der Waals surface area contributed by atoms with Gasteiger partial charge in [-0.25, -0.2) is 0 Å². The Kier molecular flexibility index (Phi) is 10.8. The lowest BCUT2D eigenvalue weighted by molar-refractivity contribution is -0.299. The summed E-state index contributed by atoms with van der Waals surface area (Å²) in [5, 5.41) is 41.1. The van der Waals surface area contributed by atoms with E-state index in [0.717, 1.165) is 0 Å². The molecule has 0 unspecified atom stereocenters. The fourth-order valence-corrected chi connectivity index (χ4v) is 4.08. The number of methoxy groups -OCH3 is 3. The molecule has 1 fully saturated rings. The lowest BCUT2D eigenvalue weighted by Gasteiger charge is -2.40. The predicted octanol–water partition coefficient (Wildman–Crippen LogP) is 1.05. The zero-order chi connectivity index (χ0) is 26.9. The lowest BCUT2D eigenvalue weighted by atomic mass is 9.99. The third-order valence-corrected chi connectivity index (χ3v) is 6.02. The van der Waals surface area contributed by atoms with Crippen LogP contribution in [0.25, 0.3) is 0 Å². The third kappa shape index (κ3) is 6.82. The standard InChI is InChI=1S/C26H36O11/c1-5-34-17-11-10-15(12-19(17)32-3)25(20(13-27)36-18-9-7-6-8-16(18)31-2)35-14-21-22(28)23(29)24(30)26(33-4)37-21/h6-12,20-30H,5,13-14H2,1-4H3/t20-,21-,22-,23+,24-,25+,26-/m1/s1. The largest absolute Gasteiger partial charge is 0.493 e. The van der Waals surface area contributed by atoms with Crippen molar-refractivity contribution in [3.05, 3.63) is 48.0 Å². The SMILES string of the molecule is CCOc1ccc([C@H](OC[C@H]2O[C@@H](OC)[C@H](O)[C@@H](O)[C@@H]2O)[C@@H](CO)Oc2ccccc2OC)cc1OC. The molecule has 0 aliphatic carbocycles. The summed E-state index contributed by atoms with van der Waals surface area (Å²) in [4.78, 5) is 0. The number of benzene rings is 2. The van der Waals surface area contributed by atoms with Gasteiger partial charge in [-0.2, -0.15) is 0 Å². The van der Waals surface area contributed by atoms with Gasteiger partial charge in [0, 0.05) is 7.11 Å². The molecule has 2 aromatic rings. The van der Waals surface area contributed by atoms with Crippen molar-refractivity contribution in [2.75, 3.05) is 41.2 Å². The molecule has 0 aromatic heterocycles. The van der Waals surface area contributed by atoms with E-state index in [1.54, 1.807) is 42.5 Å². The Morgan fingerprint density at radius 1 is 0.865 bits per heavy atom. The minimum Gasteiger partial charge on any atom is -0.493 e. The van der Waals surface area contributed by atoms with Crippen LogP contribution in [-0.2, 0) is 14.2 Å². The average Bonchev–Trinajstić information content (AvgIpc) is 2.93. The van der Waals surface area contributed by atoms with Crippen molar-refractivity contribution in [2.45, 2.75) is 49.8 Å². The van der Waals surface area contributed by atoms with Crippen molar-refractivity contribution < 1.29 is 53.6 Å². The fraction of sp³-hybridized carbons (Fsp3) is 0.538. The summed E-state index contributed by atoms with van der Waals surface area (Å²) in [6.45, 7) is 1.64. The topological polar surface area (TPSA) is 146 Å². The molecular formula is C26H36O11. The lowest BCUT2D eigenvalue weighted by Crippen LogP contribution is -2.59. The number of rotatable bonds is 13. The van der Waals surface area contributed by atoms with Crippen molar-refractivity contribution in [1.82, 2.24) is 0 Å². The molecule has 0 bridgehead atoms. The van der Waals surface area contributed by atoms with Gasteiger partial charge in [0.05, 0.1) is 34.0 Å². The first-order chi connectivity index (χ1) is 17.9. The van der Waals surface area contributed by atoms with Crippen LogP contribution >= 0.6 is 0 Å². The van der Waals surface area contributed by atoms with Crippen LogP contribution < -0.4 is 18.9 Å². The second-order valence-electron chi connectivity index (χ2n) is 8.34. The van der Waals surface area contributed by atoms with Crippen molar-refractivity contribution in [2.24, 2.45) is 0 Å². The van der Waals surface area contributed by atoms with E-state index >= 15 is 0 Å². The van der Waals surface area contributed by atoms with Gasteiger partial charge in [0.15, 0.2) is 35.4 Å². The highest BCUT2D eigenvalue weighted by atomic mass is 16.7. The Morgan fingerprint density at radius 3 is 2.19 bits per heavy atom. The first kappa shape index (κ1) is 28.9. The van der Waals surface area contributed by atoms with E-state index in [2.05, 4.69) is 0 Å².